The molecule has 0 aliphatic heterocycles. The van der Waals surface area contributed by atoms with Gasteiger partial charge in [0, 0.05) is 6.07 Å². The summed E-state index contributed by atoms with van der Waals surface area (Å²) in [4.78, 5) is 7.87. The lowest BCUT2D eigenvalue weighted by Gasteiger charge is -2.07. The van der Waals surface area contributed by atoms with E-state index in [1.54, 1.807) is 0 Å². The first-order valence-corrected chi connectivity index (χ1v) is 5.60. The fourth-order valence-electron chi connectivity index (χ4n) is 1.62. The number of nitrogens with one attached hydrogen (secondary N) is 2. The minimum Gasteiger partial charge on any atom is -0.337 e. The van der Waals surface area contributed by atoms with Crippen molar-refractivity contribution in [1.82, 2.24) is 20.2 Å². The molecular weight excluding hydrogens is 276 g/mol. The number of fused-ring (bicyclic) bond motifs is 1. The molecule has 0 saturated heterocycles. The van der Waals surface area contributed by atoms with Crippen LogP contribution in [0.5, 0.6) is 0 Å². The second kappa shape index (κ2) is 4.43. The summed E-state index contributed by atoms with van der Waals surface area (Å²) >= 11 is 5.75. The molecule has 0 atom stereocenters. The maximum Gasteiger partial charge on any atom is 0.226 e. The van der Waals surface area contributed by atoms with Gasteiger partial charge in [-0.15, -0.1) is 0 Å². The van der Waals surface area contributed by atoms with Crippen molar-refractivity contribution in [3.63, 3.8) is 0 Å². The quantitative estimate of drug-likeness (QED) is 0.709. The largest absolute Gasteiger partial charge is 0.337 e. The molecule has 1 aromatic carbocycles. The number of hydrogen-bond donors (Lipinski definition) is 2. The normalized spacial score (nSPS) is 10.9. The number of halogens is 3. The van der Waals surface area contributed by atoms with Gasteiger partial charge in [-0.3, -0.25) is 5.10 Å². The summed E-state index contributed by atoms with van der Waals surface area (Å²) < 4.78 is 26.4. The van der Waals surface area contributed by atoms with Crippen molar-refractivity contribution in [2.45, 2.75) is 0 Å². The number of aromatic amines is 1. The molecule has 2 aromatic heterocycles. The molecule has 0 fully saturated rings. The van der Waals surface area contributed by atoms with E-state index >= 15 is 0 Å². The molecule has 0 radical (unpaired) electrons. The zero-order chi connectivity index (χ0) is 13.4. The SMILES string of the molecule is Fc1ccc(Nc2nc(Cl)nc3[nH]ncc23)c(F)c1. The number of hydrogen-bond acceptors (Lipinski definition) is 4. The molecule has 5 nitrogen and oxygen atoms in total. The van der Waals surface area contributed by atoms with Crippen LogP contribution in [0.15, 0.2) is 24.4 Å². The molecule has 2 N–H and O–H groups in total. The maximum absolute atomic E-state index is 13.6. The zero-order valence-corrected chi connectivity index (χ0v) is 10.0. The molecule has 0 saturated carbocycles. The van der Waals surface area contributed by atoms with Crippen LogP contribution in [0.2, 0.25) is 5.28 Å². The monoisotopic (exact) mass is 281 g/mol. The lowest BCUT2D eigenvalue weighted by atomic mass is 10.3. The number of nitrogens with zero attached hydrogens (tertiary/aromatic N) is 3. The first-order valence-electron chi connectivity index (χ1n) is 5.22. The van der Waals surface area contributed by atoms with Crippen molar-refractivity contribution < 1.29 is 8.78 Å². The molecule has 3 aromatic rings. The predicted molar refractivity (Wildman–Crippen MR) is 66.3 cm³/mol. The van der Waals surface area contributed by atoms with E-state index in [-0.39, 0.29) is 16.8 Å². The number of benzene rings is 1. The van der Waals surface area contributed by atoms with Crippen LogP contribution in [0, 0.1) is 11.6 Å². The van der Waals surface area contributed by atoms with Crippen molar-refractivity contribution in [2.75, 3.05) is 5.32 Å². The average molecular weight is 282 g/mol. The van der Waals surface area contributed by atoms with Crippen molar-refractivity contribution in [2.24, 2.45) is 0 Å². The van der Waals surface area contributed by atoms with Gasteiger partial charge in [-0.05, 0) is 23.7 Å². The van der Waals surface area contributed by atoms with Gasteiger partial charge >= 0.3 is 0 Å². The Morgan fingerprint density at radius 1 is 1.21 bits per heavy atom. The molecule has 0 bridgehead atoms. The standard InChI is InChI=1S/C11H6ClF2N5/c12-11-17-9(6-4-15-19-10(6)18-11)16-8-2-1-5(13)3-7(8)14/h1-4H,(H2,15,16,17,18,19). The molecule has 19 heavy (non-hydrogen) atoms. The molecule has 0 amide bonds. The molecule has 0 aliphatic rings. The summed E-state index contributed by atoms with van der Waals surface area (Å²) in [6.07, 6.45) is 1.48. The average Bonchev–Trinajstić information content (AvgIpc) is 2.80. The van der Waals surface area contributed by atoms with Crippen molar-refractivity contribution in [1.29, 1.82) is 0 Å². The smallest absolute Gasteiger partial charge is 0.226 e. The summed E-state index contributed by atoms with van der Waals surface area (Å²) in [6.45, 7) is 0. The molecule has 0 aliphatic carbocycles. The van der Waals surface area contributed by atoms with Gasteiger partial charge in [0.2, 0.25) is 5.28 Å². The Kier molecular flexibility index (Phi) is 2.75. The topological polar surface area (TPSA) is 66.5 Å². The van der Waals surface area contributed by atoms with E-state index in [0.717, 1.165) is 12.1 Å². The first kappa shape index (κ1) is 11.8. The molecule has 0 unspecified atom stereocenters. The van der Waals surface area contributed by atoms with Gasteiger partial charge in [0.25, 0.3) is 0 Å². The molecule has 2 heterocycles. The number of aromatic nitrogens is 4. The van der Waals surface area contributed by atoms with Gasteiger partial charge < -0.3 is 5.32 Å². The third kappa shape index (κ3) is 2.19. The highest BCUT2D eigenvalue weighted by Gasteiger charge is 2.11. The second-order valence-corrected chi connectivity index (χ2v) is 4.06. The fraction of sp³-hybridized carbons (Fsp3) is 0. The number of rotatable bonds is 2. The number of anilines is 2. The minimum atomic E-state index is -0.730. The lowest BCUT2D eigenvalue weighted by Crippen LogP contribution is -1.99. The molecule has 96 valence electrons. The Morgan fingerprint density at radius 3 is 2.84 bits per heavy atom. The van der Waals surface area contributed by atoms with Gasteiger partial charge in [-0.25, -0.2) is 8.78 Å². The Hall–Kier alpha value is -2.28. The van der Waals surface area contributed by atoms with Crippen LogP contribution in [0.25, 0.3) is 11.0 Å². The van der Waals surface area contributed by atoms with Crippen molar-refractivity contribution in [3.05, 3.63) is 41.3 Å². The number of H-pyrrole nitrogens is 1. The van der Waals surface area contributed by atoms with E-state index in [1.807, 2.05) is 0 Å². The summed E-state index contributed by atoms with van der Waals surface area (Å²) in [5.41, 5.74) is 0.503. The van der Waals surface area contributed by atoms with E-state index in [1.165, 1.54) is 12.3 Å². The van der Waals surface area contributed by atoms with Crippen LogP contribution in [0.4, 0.5) is 20.3 Å². The Bertz CT molecular complexity index is 758. The van der Waals surface area contributed by atoms with Crippen LogP contribution in [-0.4, -0.2) is 20.2 Å². The summed E-state index contributed by atoms with van der Waals surface area (Å²) in [7, 11) is 0. The summed E-state index contributed by atoms with van der Waals surface area (Å²) in [5, 5.41) is 9.70. The van der Waals surface area contributed by atoms with Gasteiger partial charge in [-0.2, -0.15) is 15.1 Å². The maximum atomic E-state index is 13.6. The molecular formula is C11H6ClF2N5. The van der Waals surface area contributed by atoms with Crippen LogP contribution in [-0.2, 0) is 0 Å². The van der Waals surface area contributed by atoms with E-state index in [4.69, 9.17) is 11.6 Å². The van der Waals surface area contributed by atoms with Crippen LogP contribution in [0.1, 0.15) is 0 Å². The van der Waals surface area contributed by atoms with Gasteiger partial charge in [0.05, 0.1) is 17.3 Å². The van der Waals surface area contributed by atoms with Crippen LogP contribution < -0.4 is 5.32 Å². The highest BCUT2D eigenvalue weighted by molar-refractivity contribution is 6.28. The zero-order valence-electron chi connectivity index (χ0n) is 9.28. The van der Waals surface area contributed by atoms with E-state index in [9.17, 15) is 8.78 Å². The Balaban J connectivity index is 2.07. The minimum absolute atomic E-state index is 0.0123. The van der Waals surface area contributed by atoms with Crippen molar-refractivity contribution >= 4 is 34.1 Å². The second-order valence-electron chi connectivity index (χ2n) is 3.72. The highest BCUT2D eigenvalue weighted by atomic mass is 35.5. The summed E-state index contributed by atoms with van der Waals surface area (Å²) in [5.74, 6) is -1.10. The van der Waals surface area contributed by atoms with Gasteiger partial charge in [0.1, 0.15) is 17.5 Å². The van der Waals surface area contributed by atoms with Gasteiger partial charge in [-0.1, -0.05) is 0 Å². The predicted octanol–water partition coefficient (Wildman–Crippen LogP) is 3.03. The van der Waals surface area contributed by atoms with Crippen LogP contribution >= 0.6 is 11.6 Å². The van der Waals surface area contributed by atoms with E-state index in [0.29, 0.717) is 11.0 Å². The Labute approximate surface area is 110 Å². The lowest BCUT2D eigenvalue weighted by molar-refractivity contribution is 0.586. The third-order valence-corrected chi connectivity index (χ3v) is 2.64. The van der Waals surface area contributed by atoms with E-state index < -0.39 is 11.6 Å². The molecule has 8 heteroatoms. The molecule has 0 spiro atoms. The highest BCUT2D eigenvalue weighted by Crippen LogP contribution is 2.25. The third-order valence-electron chi connectivity index (χ3n) is 2.47. The Morgan fingerprint density at radius 2 is 2.05 bits per heavy atom. The molecule has 3 rings (SSSR count). The van der Waals surface area contributed by atoms with Crippen molar-refractivity contribution in [3.8, 4) is 0 Å². The first-order chi connectivity index (χ1) is 9.13. The van der Waals surface area contributed by atoms with Gasteiger partial charge in [0.15, 0.2) is 5.65 Å². The van der Waals surface area contributed by atoms with Crippen LogP contribution in [0.3, 0.4) is 0 Å². The fourth-order valence-corrected chi connectivity index (χ4v) is 1.79. The van der Waals surface area contributed by atoms with E-state index in [2.05, 4.69) is 25.5 Å². The summed E-state index contributed by atoms with van der Waals surface area (Å²) in [6, 6.07) is 3.19.